The van der Waals surface area contributed by atoms with Crippen LogP contribution in [-0.2, 0) is 9.59 Å². The average Bonchev–Trinajstić information content (AvgIpc) is 2.17. The number of hydrogen-bond acceptors (Lipinski definition) is 4. The monoisotopic (exact) mass is 216 g/mol. The third kappa shape index (κ3) is 3.19. The minimum absolute atomic E-state index is 0.295. The smallest absolute Gasteiger partial charge is 0.306 e. The number of hydrogen-bond donors (Lipinski definition) is 1. The fraction of sp³-hybridized carbons (Fsp3) is 0.750. The maximum atomic E-state index is 11.2. The summed E-state index contributed by atoms with van der Waals surface area (Å²) in [5, 5.41) is 18.8. The maximum Gasteiger partial charge on any atom is 0.306 e. The molecule has 1 amide bonds. The van der Waals surface area contributed by atoms with Crippen LogP contribution in [0.3, 0.4) is 0 Å². The van der Waals surface area contributed by atoms with Gasteiger partial charge in [0.1, 0.15) is 0 Å². The van der Waals surface area contributed by atoms with Gasteiger partial charge in [0.2, 0.25) is 0 Å². The van der Waals surface area contributed by atoms with E-state index in [9.17, 15) is 19.7 Å². The summed E-state index contributed by atoms with van der Waals surface area (Å²) in [4.78, 5) is 32.6. The van der Waals surface area contributed by atoms with Crippen molar-refractivity contribution >= 4 is 11.9 Å². The number of nitrogens with zero attached hydrogens (tertiary/aromatic N) is 2. The van der Waals surface area contributed by atoms with Gasteiger partial charge < -0.3 is 10.0 Å². The number of aliphatic carboxylic acids is 1. The van der Waals surface area contributed by atoms with Gasteiger partial charge in [-0.05, 0) is 12.8 Å². The number of carbonyl (C=O) groups excluding carboxylic acids is 1. The van der Waals surface area contributed by atoms with Crippen molar-refractivity contribution in [1.29, 1.82) is 0 Å². The fourth-order valence-corrected chi connectivity index (χ4v) is 1.59. The Kier molecular flexibility index (Phi) is 3.59. The van der Waals surface area contributed by atoms with Crippen LogP contribution in [0.25, 0.3) is 0 Å². The van der Waals surface area contributed by atoms with Gasteiger partial charge in [0.15, 0.2) is 0 Å². The second-order valence-corrected chi connectivity index (χ2v) is 3.48. The first-order valence-electron chi connectivity index (χ1n) is 4.63. The van der Waals surface area contributed by atoms with Crippen LogP contribution in [0.1, 0.15) is 12.8 Å². The summed E-state index contributed by atoms with van der Waals surface area (Å²) < 4.78 is 0. The van der Waals surface area contributed by atoms with Crippen LogP contribution in [0.2, 0.25) is 0 Å². The molecular formula is C8H12N2O5. The predicted molar refractivity (Wildman–Crippen MR) is 48.8 cm³/mol. The second kappa shape index (κ2) is 4.72. The van der Waals surface area contributed by atoms with Gasteiger partial charge >= 0.3 is 5.97 Å². The molecule has 1 heterocycles. The lowest BCUT2D eigenvalue weighted by Crippen LogP contribution is -2.42. The van der Waals surface area contributed by atoms with Gasteiger partial charge in [0.05, 0.1) is 5.92 Å². The highest BCUT2D eigenvalue weighted by Crippen LogP contribution is 2.17. The van der Waals surface area contributed by atoms with E-state index in [0.29, 0.717) is 25.9 Å². The lowest BCUT2D eigenvalue weighted by molar-refractivity contribution is -0.468. The van der Waals surface area contributed by atoms with Gasteiger partial charge in [-0.2, -0.15) is 0 Å². The molecule has 1 aliphatic rings. The Morgan fingerprint density at radius 3 is 2.33 bits per heavy atom. The third-order valence-corrected chi connectivity index (χ3v) is 2.46. The predicted octanol–water partition coefficient (Wildman–Crippen LogP) is -0.414. The van der Waals surface area contributed by atoms with Crippen LogP contribution in [0.15, 0.2) is 0 Å². The number of carboxylic acid groups (broad SMARTS) is 1. The maximum absolute atomic E-state index is 11.2. The molecule has 0 unspecified atom stereocenters. The van der Waals surface area contributed by atoms with E-state index in [1.54, 1.807) is 0 Å². The van der Waals surface area contributed by atoms with E-state index in [1.165, 1.54) is 4.90 Å². The van der Waals surface area contributed by atoms with Crippen LogP contribution in [-0.4, -0.2) is 46.4 Å². The van der Waals surface area contributed by atoms with E-state index in [2.05, 4.69) is 0 Å². The quantitative estimate of drug-likeness (QED) is 0.510. The molecule has 0 aromatic heterocycles. The van der Waals surface area contributed by atoms with Gasteiger partial charge in [-0.1, -0.05) is 0 Å². The SMILES string of the molecule is O=C(O)C1CCN(C(=O)C[N+](=O)[O-])CC1. The zero-order chi connectivity index (χ0) is 11.4. The zero-order valence-corrected chi connectivity index (χ0v) is 8.09. The molecule has 0 aromatic rings. The summed E-state index contributed by atoms with van der Waals surface area (Å²) in [6, 6.07) is 0. The molecule has 0 bridgehead atoms. The molecule has 15 heavy (non-hydrogen) atoms. The van der Waals surface area contributed by atoms with E-state index < -0.39 is 29.3 Å². The Hall–Kier alpha value is -1.66. The molecule has 1 fully saturated rings. The van der Waals surface area contributed by atoms with Crippen LogP contribution in [0.4, 0.5) is 0 Å². The standard InChI is InChI=1S/C8H12N2O5/c11-7(5-10(14)15)9-3-1-6(2-4-9)8(12)13/h6H,1-5H2,(H,12,13). The molecule has 1 saturated heterocycles. The van der Waals surface area contributed by atoms with E-state index in [1.807, 2.05) is 0 Å². The molecular weight excluding hydrogens is 204 g/mol. The van der Waals surface area contributed by atoms with Crippen molar-refractivity contribution in [2.45, 2.75) is 12.8 Å². The molecule has 1 rings (SSSR count). The Balaban J connectivity index is 2.40. The topological polar surface area (TPSA) is 101 Å². The van der Waals surface area contributed by atoms with Crippen molar-refractivity contribution in [2.75, 3.05) is 19.6 Å². The lowest BCUT2D eigenvalue weighted by Gasteiger charge is -2.28. The van der Waals surface area contributed by atoms with Crippen LogP contribution >= 0.6 is 0 Å². The van der Waals surface area contributed by atoms with Crippen LogP contribution < -0.4 is 0 Å². The summed E-state index contributed by atoms with van der Waals surface area (Å²) in [5.74, 6) is -1.83. The summed E-state index contributed by atoms with van der Waals surface area (Å²) in [5.41, 5.74) is 0. The number of carbonyl (C=O) groups is 2. The Morgan fingerprint density at radius 2 is 1.93 bits per heavy atom. The van der Waals surface area contributed by atoms with Crippen LogP contribution in [0.5, 0.6) is 0 Å². The second-order valence-electron chi connectivity index (χ2n) is 3.48. The lowest BCUT2D eigenvalue weighted by atomic mass is 9.97. The largest absolute Gasteiger partial charge is 0.481 e. The van der Waals surface area contributed by atoms with E-state index in [0.717, 1.165) is 0 Å². The van der Waals surface area contributed by atoms with Crippen molar-refractivity contribution in [2.24, 2.45) is 5.92 Å². The number of amides is 1. The van der Waals surface area contributed by atoms with E-state index >= 15 is 0 Å². The van der Waals surface area contributed by atoms with Crippen molar-refractivity contribution in [3.63, 3.8) is 0 Å². The molecule has 0 radical (unpaired) electrons. The number of likely N-dealkylation sites (tertiary alicyclic amines) is 1. The zero-order valence-electron chi connectivity index (χ0n) is 8.09. The summed E-state index contributed by atoms with van der Waals surface area (Å²) in [7, 11) is 0. The summed E-state index contributed by atoms with van der Waals surface area (Å²) in [6.07, 6.45) is 0.748. The van der Waals surface area contributed by atoms with Gasteiger partial charge in [0.25, 0.3) is 12.5 Å². The first-order valence-corrected chi connectivity index (χ1v) is 4.63. The van der Waals surface area contributed by atoms with Crippen molar-refractivity contribution < 1.29 is 19.6 Å². The summed E-state index contributed by atoms with van der Waals surface area (Å²) >= 11 is 0. The van der Waals surface area contributed by atoms with Gasteiger partial charge in [-0.25, -0.2) is 0 Å². The number of rotatable bonds is 3. The van der Waals surface area contributed by atoms with E-state index in [4.69, 9.17) is 5.11 Å². The summed E-state index contributed by atoms with van der Waals surface area (Å²) in [6.45, 7) is -0.120. The fourth-order valence-electron chi connectivity index (χ4n) is 1.59. The molecule has 7 heteroatoms. The Morgan fingerprint density at radius 1 is 1.40 bits per heavy atom. The normalized spacial score (nSPS) is 17.5. The first kappa shape index (κ1) is 11.4. The molecule has 0 saturated carbocycles. The van der Waals surface area contributed by atoms with Crippen molar-refractivity contribution in [3.8, 4) is 0 Å². The van der Waals surface area contributed by atoms with Crippen LogP contribution in [0, 0.1) is 16.0 Å². The highest BCUT2D eigenvalue weighted by atomic mass is 16.6. The van der Waals surface area contributed by atoms with Gasteiger partial charge in [0, 0.05) is 18.0 Å². The van der Waals surface area contributed by atoms with Gasteiger partial charge in [-0.3, -0.25) is 19.7 Å². The minimum atomic E-state index is -0.864. The molecule has 0 aromatic carbocycles. The minimum Gasteiger partial charge on any atom is -0.481 e. The third-order valence-electron chi connectivity index (χ3n) is 2.46. The number of piperidine rings is 1. The molecule has 0 atom stereocenters. The van der Waals surface area contributed by atoms with E-state index in [-0.39, 0.29) is 0 Å². The highest BCUT2D eigenvalue weighted by molar-refractivity contribution is 5.77. The average molecular weight is 216 g/mol. The van der Waals surface area contributed by atoms with Crippen molar-refractivity contribution in [3.05, 3.63) is 10.1 Å². The first-order chi connectivity index (χ1) is 7.00. The Labute approximate surface area is 85.8 Å². The molecule has 1 N–H and O–H groups in total. The molecule has 84 valence electrons. The van der Waals surface area contributed by atoms with Crippen molar-refractivity contribution in [1.82, 2.24) is 4.90 Å². The number of nitro groups is 1. The molecule has 1 aliphatic heterocycles. The van der Waals surface area contributed by atoms with Gasteiger partial charge in [-0.15, -0.1) is 0 Å². The molecule has 0 aliphatic carbocycles. The molecule has 7 nitrogen and oxygen atoms in total. The Bertz CT molecular complexity index is 283. The molecule has 0 spiro atoms. The highest BCUT2D eigenvalue weighted by Gasteiger charge is 2.28. The number of carboxylic acids is 1.